The maximum atomic E-state index is 14.0. The summed E-state index contributed by atoms with van der Waals surface area (Å²) in [6, 6.07) is 15.7. The number of fused-ring (bicyclic) bond motifs is 1. The molecule has 0 bridgehead atoms. The molecule has 8 nitrogen and oxygen atoms in total. The molecule has 9 heteroatoms. The first-order chi connectivity index (χ1) is 14.8. The topological polar surface area (TPSA) is 110 Å². The number of anilines is 1. The Morgan fingerprint density at radius 1 is 0.968 bits per heavy atom. The van der Waals surface area contributed by atoms with Crippen LogP contribution in [0.3, 0.4) is 0 Å². The quantitative estimate of drug-likeness (QED) is 0.384. The third-order valence-electron chi connectivity index (χ3n) is 4.83. The lowest BCUT2D eigenvalue weighted by Crippen LogP contribution is -2.29. The number of nitrogens with zero attached hydrogens (tertiary/aromatic N) is 2. The van der Waals surface area contributed by atoms with E-state index in [1.54, 1.807) is 24.3 Å². The summed E-state index contributed by atoms with van der Waals surface area (Å²) in [6.45, 7) is 0.0909. The summed E-state index contributed by atoms with van der Waals surface area (Å²) < 4.78 is 14.0. The molecule has 1 heterocycles. The van der Waals surface area contributed by atoms with E-state index >= 15 is 0 Å². The number of rotatable bonds is 5. The standard InChI is InChI=1S/C22H14FN3O5/c23-18-9-7-15(26(30)31)11-19(18)24-20(27)14-6-8-16-17(10-14)22(29)25(21(16)28)12-13-4-2-1-3-5-13/h1-11H,12H2,(H,24,27). The Balaban J connectivity index is 1.58. The number of nitrogens with one attached hydrogen (secondary N) is 1. The van der Waals surface area contributed by atoms with E-state index in [1.165, 1.54) is 18.2 Å². The molecule has 3 amide bonds. The molecule has 0 unspecified atom stereocenters. The maximum Gasteiger partial charge on any atom is 0.271 e. The summed E-state index contributed by atoms with van der Waals surface area (Å²) in [5, 5.41) is 13.1. The second kappa shape index (κ2) is 7.79. The SMILES string of the molecule is O=C(Nc1cc([N+](=O)[O-])ccc1F)c1ccc2c(c1)C(=O)N(Cc1ccccc1)C2=O. The van der Waals surface area contributed by atoms with E-state index in [-0.39, 0.29) is 34.6 Å². The van der Waals surface area contributed by atoms with E-state index in [2.05, 4.69) is 5.32 Å². The molecule has 0 saturated heterocycles. The largest absolute Gasteiger partial charge is 0.319 e. The van der Waals surface area contributed by atoms with Crippen molar-refractivity contribution in [2.45, 2.75) is 6.54 Å². The molecule has 0 spiro atoms. The Kier molecular flexibility index (Phi) is 5.00. The highest BCUT2D eigenvalue weighted by Crippen LogP contribution is 2.27. The highest BCUT2D eigenvalue weighted by atomic mass is 19.1. The van der Waals surface area contributed by atoms with Crippen LogP contribution in [0, 0.1) is 15.9 Å². The zero-order chi connectivity index (χ0) is 22.1. The smallest absolute Gasteiger partial charge is 0.271 e. The molecular weight excluding hydrogens is 405 g/mol. The summed E-state index contributed by atoms with van der Waals surface area (Å²) in [7, 11) is 0. The molecule has 0 aliphatic carbocycles. The third kappa shape index (κ3) is 3.76. The lowest BCUT2D eigenvalue weighted by Gasteiger charge is -2.13. The number of carbonyl (C=O) groups is 3. The van der Waals surface area contributed by atoms with Gasteiger partial charge in [-0.05, 0) is 29.8 Å². The van der Waals surface area contributed by atoms with Gasteiger partial charge in [0.25, 0.3) is 23.4 Å². The number of nitro groups is 1. The molecule has 0 atom stereocenters. The number of hydrogen-bond donors (Lipinski definition) is 1. The van der Waals surface area contributed by atoms with Gasteiger partial charge >= 0.3 is 0 Å². The maximum absolute atomic E-state index is 14.0. The summed E-state index contributed by atoms with van der Waals surface area (Å²) in [4.78, 5) is 49.2. The molecule has 31 heavy (non-hydrogen) atoms. The second-order valence-electron chi connectivity index (χ2n) is 6.82. The molecule has 0 radical (unpaired) electrons. The fraction of sp³-hybridized carbons (Fsp3) is 0.0455. The van der Waals surface area contributed by atoms with Crippen LogP contribution in [0.4, 0.5) is 15.8 Å². The van der Waals surface area contributed by atoms with Crippen molar-refractivity contribution in [3.05, 3.63) is 105 Å². The summed E-state index contributed by atoms with van der Waals surface area (Å²) in [5.41, 5.74) is 0.256. The fourth-order valence-electron chi connectivity index (χ4n) is 3.26. The minimum absolute atomic E-state index is 0.00682. The average Bonchev–Trinajstić information content (AvgIpc) is 3.00. The van der Waals surface area contributed by atoms with E-state index in [1.807, 2.05) is 6.07 Å². The summed E-state index contributed by atoms with van der Waals surface area (Å²) in [6.07, 6.45) is 0. The number of carbonyl (C=O) groups excluding carboxylic acids is 3. The zero-order valence-electron chi connectivity index (χ0n) is 15.9. The molecule has 154 valence electrons. The molecule has 4 rings (SSSR count). The van der Waals surface area contributed by atoms with E-state index in [0.717, 1.165) is 28.7 Å². The number of non-ortho nitro benzene ring substituents is 1. The van der Waals surface area contributed by atoms with Gasteiger partial charge in [0.15, 0.2) is 0 Å². The molecule has 1 aliphatic rings. The first-order valence-corrected chi connectivity index (χ1v) is 9.14. The van der Waals surface area contributed by atoms with Crippen molar-refractivity contribution in [2.24, 2.45) is 0 Å². The van der Waals surface area contributed by atoms with Crippen LogP contribution in [0.1, 0.15) is 36.6 Å². The molecule has 3 aromatic carbocycles. The van der Waals surface area contributed by atoms with Crippen LogP contribution in [0.15, 0.2) is 66.7 Å². The van der Waals surface area contributed by atoms with Crippen LogP contribution in [-0.2, 0) is 6.54 Å². The molecule has 0 aromatic heterocycles. The second-order valence-corrected chi connectivity index (χ2v) is 6.82. The number of imide groups is 1. The van der Waals surface area contributed by atoms with E-state index in [0.29, 0.717) is 0 Å². The molecular formula is C22H14FN3O5. The minimum Gasteiger partial charge on any atom is -0.319 e. The monoisotopic (exact) mass is 419 g/mol. The normalized spacial score (nSPS) is 12.6. The van der Waals surface area contributed by atoms with Crippen molar-refractivity contribution >= 4 is 29.1 Å². The van der Waals surface area contributed by atoms with Crippen molar-refractivity contribution in [2.75, 3.05) is 5.32 Å². The van der Waals surface area contributed by atoms with Crippen LogP contribution in [0.25, 0.3) is 0 Å². The predicted octanol–water partition coefficient (Wildman–Crippen LogP) is 3.78. The van der Waals surface area contributed by atoms with Crippen LogP contribution >= 0.6 is 0 Å². The van der Waals surface area contributed by atoms with Crippen molar-refractivity contribution in [3.8, 4) is 0 Å². The van der Waals surface area contributed by atoms with Gasteiger partial charge in [-0.25, -0.2) is 4.39 Å². The van der Waals surface area contributed by atoms with E-state index in [4.69, 9.17) is 0 Å². The average molecular weight is 419 g/mol. The predicted molar refractivity (Wildman–Crippen MR) is 108 cm³/mol. The van der Waals surface area contributed by atoms with Crippen molar-refractivity contribution < 1.29 is 23.7 Å². The minimum atomic E-state index is -0.847. The lowest BCUT2D eigenvalue weighted by molar-refractivity contribution is -0.384. The van der Waals surface area contributed by atoms with Crippen molar-refractivity contribution in [1.82, 2.24) is 4.90 Å². The van der Waals surface area contributed by atoms with Crippen molar-refractivity contribution in [1.29, 1.82) is 0 Å². The van der Waals surface area contributed by atoms with Crippen molar-refractivity contribution in [3.63, 3.8) is 0 Å². The Bertz CT molecular complexity index is 1240. The summed E-state index contributed by atoms with van der Waals surface area (Å²) in [5.74, 6) is -2.63. The lowest BCUT2D eigenvalue weighted by atomic mass is 10.1. The molecule has 0 saturated carbocycles. The number of nitro benzene ring substituents is 1. The number of halogens is 1. The number of hydrogen-bond acceptors (Lipinski definition) is 5. The highest BCUT2D eigenvalue weighted by Gasteiger charge is 2.36. The first kappa shape index (κ1) is 19.9. The summed E-state index contributed by atoms with van der Waals surface area (Å²) >= 11 is 0. The van der Waals surface area contributed by atoms with Crippen LogP contribution < -0.4 is 5.32 Å². The zero-order valence-corrected chi connectivity index (χ0v) is 15.9. The van der Waals surface area contributed by atoms with Gasteiger partial charge in [-0.3, -0.25) is 29.4 Å². The number of benzene rings is 3. The molecule has 0 fully saturated rings. The highest BCUT2D eigenvalue weighted by molar-refractivity contribution is 6.22. The Labute approximate surface area is 175 Å². The van der Waals surface area contributed by atoms with Gasteiger partial charge in [0.05, 0.1) is 28.3 Å². The number of amides is 3. The van der Waals surface area contributed by atoms with Gasteiger partial charge in [-0.1, -0.05) is 30.3 Å². The molecule has 1 aliphatic heterocycles. The van der Waals surface area contributed by atoms with Gasteiger partial charge in [0, 0.05) is 17.7 Å². The van der Waals surface area contributed by atoms with Crippen LogP contribution in [-0.4, -0.2) is 27.5 Å². The fourth-order valence-corrected chi connectivity index (χ4v) is 3.26. The Morgan fingerprint density at radius 3 is 2.39 bits per heavy atom. The van der Waals surface area contributed by atoms with E-state index in [9.17, 15) is 28.9 Å². The van der Waals surface area contributed by atoms with Gasteiger partial charge in [0.2, 0.25) is 0 Å². The van der Waals surface area contributed by atoms with Gasteiger partial charge < -0.3 is 5.32 Å². The van der Waals surface area contributed by atoms with Crippen LogP contribution in [0.2, 0.25) is 0 Å². The Hall–Kier alpha value is -4.40. The third-order valence-corrected chi connectivity index (χ3v) is 4.83. The molecule has 1 N–H and O–H groups in total. The van der Waals surface area contributed by atoms with Gasteiger partial charge in [-0.15, -0.1) is 0 Å². The molecule has 3 aromatic rings. The van der Waals surface area contributed by atoms with Gasteiger partial charge in [0.1, 0.15) is 5.82 Å². The first-order valence-electron chi connectivity index (χ1n) is 9.14. The van der Waals surface area contributed by atoms with Crippen LogP contribution in [0.5, 0.6) is 0 Å². The van der Waals surface area contributed by atoms with E-state index < -0.39 is 28.5 Å². The van der Waals surface area contributed by atoms with Gasteiger partial charge in [-0.2, -0.15) is 0 Å². The Morgan fingerprint density at radius 2 is 1.68 bits per heavy atom.